The van der Waals surface area contributed by atoms with Gasteiger partial charge in [0, 0.05) is 0 Å². The van der Waals surface area contributed by atoms with Gasteiger partial charge in [-0.25, -0.2) is 0 Å². The van der Waals surface area contributed by atoms with Crippen LogP contribution in [0.5, 0.6) is 0 Å². The molecule has 1 aliphatic carbocycles. The quantitative estimate of drug-likeness (QED) is 0.871. The maximum Gasteiger partial charge on any atom is 0.306 e. The van der Waals surface area contributed by atoms with Crippen LogP contribution in [0.1, 0.15) is 31.2 Å². The van der Waals surface area contributed by atoms with Crippen molar-refractivity contribution in [3.63, 3.8) is 0 Å². The fourth-order valence-electron chi connectivity index (χ4n) is 2.31. The summed E-state index contributed by atoms with van der Waals surface area (Å²) < 4.78 is 5.79. The number of carboxylic acids is 1. The largest absolute Gasteiger partial charge is 0.481 e. The molecule has 0 saturated heterocycles. The Hall–Kier alpha value is -1.35. The van der Waals surface area contributed by atoms with E-state index in [0.29, 0.717) is 13.0 Å². The smallest absolute Gasteiger partial charge is 0.306 e. The van der Waals surface area contributed by atoms with Crippen LogP contribution in [-0.2, 0) is 16.1 Å². The molecule has 2 atom stereocenters. The van der Waals surface area contributed by atoms with E-state index in [1.807, 2.05) is 30.3 Å². The fraction of sp³-hybridized carbons (Fsp3) is 0.500. The normalized spacial score (nSPS) is 24.5. The van der Waals surface area contributed by atoms with E-state index in [9.17, 15) is 4.79 Å². The Morgan fingerprint density at radius 3 is 2.76 bits per heavy atom. The topological polar surface area (TPSA) is 46.5 Å². The highest BCUT2D eigenvalue weighted by Crippen LogP contribution is 2.27. The summed E-state index contributed by atoms with van der Waals surface area (Å²) in [7, 11) is 0. The van der Waals surface area contributed by atoms with Gasteiger partial charge in [-0.15, -0.1) is 0 Å². The first kappa shape index (κ1) is 12.1. The third-order valence-electron chi connectivity index (χ3n) is 3.30. The molecule has 3 heteroatoms. The predicted octanol–water partition coefficient (Wildman–Crippen LogP) is 2.85. The summed E-state index contributed by atoms with van der Waals surface area (Å²) in [6, 6.07) is 10.00. The zero-order valence-electron chi connectivity index (χ0n) is 9.84. The van der Waals surface area contributed by atoms with Gasteiger partial charge in [-0.05, 0) is 24.8 Å². The highest BCUT2D eigenvalue weighted by atomic mass is 16.5. The summed E-state index contributed by atoms with van der Waals surface area (Å²) in [5.74, 6) is -0.900. The average molecular weight is 234 g/mol. The average Bonchev–Trinajstić information content (AvgIpc) is 2.38. The van der Waals surface area contributed by atoms with Crippen LogP contribution in [0.15, 0.2) is 30.3 Å². The molecule has 0 spiro atoms. The van der Waals surface area contributed by atoms with Crippen LogP contribution in [0, 0.1) is 5.92 Å². The summed E-state index contributed by atoms with van der Waals surface area (Å²) >= 11 is 0. The fourth-order valence-corrected chi connectivity index (χ4v) is 2.31. The first-order valence-corrected chi connectivity index (χ1v) is 6.14. The Bertz CT molecular complexity index is 361. The number of hydrogen-bond donors (Lipinski definition) is 1. The van der Waals surface area contributed by atoms with Crippen molar-refractivity contribution in [2.24, 2.45) is 5.92 Å². The summed E-state index contributed by atoms with van der Waals surface area (Å²) in [6.07, 6.45) is 3.49. The van der Waals surface area contributed by atoms with Gasteiger partial charge in [-0.3, -0.25) is 4.79 Å². The molecule has 3 nitrogen and oxygen atoms in total. The van der Waals surface area contributed by atoms with Crippen LogP contribution in [0.25, 0.3) is 0 Å². The molecule has 1 aromatic carbocycles. The van der Waals surface area contributed by atoms with Crippen LogP contribution >= 0.6 is 0 Å². The van der Waals surface area contributed by atoms with E-state index in [0.717, 1.165) is 24.8 Å². The zero-order valence-corrected chi connectivity index (χ0v) is 9.84. The van der Waals surface area contributed by atoms with Crippen LogP contribution in [-0.4, -0.2) is 17.2 Å². The van der Waals surface area contributed by atoms with Gasteiger partial charge in [0.1, 0.15) is 0 Å². The number of carboxylic acid groups (broad SMARTS) is 1. The maximum atomic E-state index is 10.9. The number of rotatable bonds is 4. The van der Waals surface area contributed by atoms with E-state index >= 15 is 0 Å². The molecule has 1 unspecified atom stereocenters. The highest BCUT2D eigenvalue weighted by molar-refractivity contribution is 5.70. The van der Waals surface area contributed by atoms with Gasteiger partial charge in [-0.1, -0.05) is 36.8 Å². The van der Waals surface area contributed by atoms with Crippen molar-refractivity contribution in [1.82, 2.24) is 0 Å². The molecule has 1 aromatic rings. The molecule has 0 aromatic heterocycles. The molecule has 1 fully saturated rings. The molecule has 0 aliphatic heterocycles. The van der Waals surface area contributed by atoms with Gasteiger partial charge in [0.25, 0.3) is 0 Å². The third-order valence-corrected chi connectivity index (χ3v) is 3.30. The molecule has 0 heterocycles. The van der Waals surface area contributed by atoms with E-state index in [-0.39, 0.29) is 12.0 Å². The predicted molar refractivity (Wildman–Crippen MR) is 64.6 cm³/mol. The molecular formula is C14H18O3. The summed E-state index contributed by atoms with van der Waals surface area (Å²) in [5, 5.41) is 8.99. The lowest BCUT2D eigenvalue weighted by molar-refractivity contribution is -0.145. The van der Waals surface area contributed by atoms with Gasteiger partial charge in [0.05, 0.1) is 18.6 Å². The highest BCUT2D eigenvalue weighted by Gasteiger charge is 2.27. The van der Waals surface area contributed by atoms with E-state index < -0.39 is 5.97 Å². The molecule has 2 rings (SSSR count). The molecule has 1 saturated carbocycles. The van der Waals surface area contributed by atoms with Gasteiger partial charge < -0.3 is 9.84 Å². The summed E-state index contributed by atoms with van der Waals surface area (Å²) in [6.45, 7) is 0.581. The van der Waals surface area contributed by atoms with Crippen LogP contribution in [0.4, 0.5) is 0 Å². The van der Waals surface area contributed by atoms with Crippen LogP contribution in [0.2, 0.25) is 0 Å². The van der Waals surface area contributed by atoms with Gasteiger partial charge in [0.15, 0.2) is 0 Å². The lowest BCUT2D eigenvalue weighted by atomic mass is 9.87. The van der Waals surface area contributed by atoms with Crippen molar-refractivity contribution < 1.29 is 14.6 Å². The standard InChI is InChI=1S/C14H18O3/c15-14(16)12-7-4-8-13(9-12)17-10-11-5-2-1-3-6-11/h1-3,5-6,12-13H,4,7-10H2,(H,15,16)/t12?,13-/m1/s1. The minimum Gasteiger partial charge on any atom is -0.481 e. The Labute approximate surface area is 101 Å². The van der Waals surface area contributed by atoms with Crippen molar-refractivity contribution >= 4 is 5.97 Å². The van der Waals surface area contributed by atoms with Crippen LogP contribution < -0.4 is 0 Å². The number of aliphatic carboxylic acids is 1. The monoisotopic (exact) mass is 234 g/mol. The van der Waals surface area contributed by atoms with Crippen molar-refractivity contribution in [2.75, 3.05) is 0 Å². The number of benzene rings is 1. The molecule has 1 aliphatic rings. The molecule has 1 N–H and O–H groups in total. The van der Waals surface area contributed by atoms with Gasteiger partial charge in [-0.2, -0.15) is 0 Å². The van der Waals surface area contributed by atoms with Crippen LogP contribution in [0.3, 0.4) is 0 Å². The van der Waals surface area contributed by atoms with Crippen molar-refractivity contribution in [3.8, 4) is 0 Å². The summed E-state index contributed by atoms with van der Waals surface area (Å²) in [4.78, 5) is 10.9. The first-order valence-electron chi connectivity index (χ1n) is 6.14. The molecular weight excluding hydrogens is 216 g/mol. The minimum atomic E-state index is -0.682. The molecule has 0 amide bonds. The second-order valence-corrected chi connectivity index (χ2v) is 4.62. The lowest BCUT2D eigenvalue weighted by Gasteiger charge is -2.26. The molecule has 92 valence electrons. The molecule has 0 radical (unpaired) electrons. The number of carbonyl (C=O) groups is 1. The van der Waals surface area contributed by atoms with E-state index in [2.05, 4.69) is 0 Å². The second-order valence-electron chi connectivity index (χ2n) is 4.62. The Morgan fingerprint density at radius 1 is 1.29 bits per heavy atom. The minimum absolute atomic E-state index is 0.102. The zero-order chi connectivity index (χ0) is 12.1. The van der Waals surface area contributed by atoms with Crippen molar-refractivity contribution in [2.45, 2.75) is 38.4 Å². The van der Waals surface area contributed by atoms with E-state index in [1.54, 1.807) is 0 Å². The van der Waals surface area contributed by atoms with E-state index in [4.69, 9.17) is 9.84 Å². The lowest BCUT2D eigenvalue weighted by Crippen LogP contribution is -2.27. The van der Waals surface area contributed by atoms with Crippen molar-refractivity contribution in [1.29, 1.82) is 0 Å². The SMILES string of the molecule is O=C(O)C1CCC[C@@H](OCc2ccccc2)C1. The van der Waals surface area contributed by atoms with Gasteiger partial charge in [0.2, 0.25) is 0 Å². The first-order chi connectivity index (χ1) is 8.25. The molecule has 0 bridgehead atoms. The van der Waals surface area contributed by atoms with Crippen molar-refractivity contribution in [3.05, 3.63) is 35.9 Å². The second kappa shape index (κ2) is 5.82. The van der Waals surface area contributed by atoms with Gasteiger partial charge >= 0.3 is 5.97 Å². The Balaban J connectivity index is 1.81. The third kappa shape index (κ3) is 3.56. The number of ether oxygens (including phenoxy) is 1. The maximum absolute atomic E-state index is 10.9. The summed E-state index contributed by atoms with van der Waals surface area (Å²) in [5.41, 5.74) is 1.14. The molecule has 17 heavy (non-hydrogen) atoms. The Kier molecular flexibility index (Phi) is 4.15. The van der Waals surface area contributed by atoms with E-state index in [1.165, 1.54) is 0 Å². The number of hydrogen-bond acceptors (Lipinski definition) is 2. The Morgan fingerprint density at radius 2 is 2.06 bits per heavy atom.